The number of hydrogen-bond donors (Lipinski definition) is 1. The predicted molar refractivity (Wildman–Crippen MR) is 122 cm³/mol. The number of anilines is 1. The number of rotatable bonds is 6. The van der Waals surface area contributed by atoms with Crippen LogP contribution in [0.3, 0.4) is 0 Å². The lowest BCUT2D eigenvalue weighted by atomic mass is 10.2. The molecule has 1 heterocycles. The zero-order valence-corrected chi connectivity index (χ0v) is 17.8. The Morgan fingerprint density at radius 2 is 1.84 bits per heavy atom. The lowest BCUT2D eigenvalue weighted by Crippen LogP contribution is -2.25. The van der Waals surface area contributed by atoms with Gasteiger partial charge in [0.15, 0.2) is 5.16 Å². The van der Waals surface area contributed by atoms with Crippen molar-refractivity contribution in [2.24, 2.45) is 0 Å². The fraction of sp³-hybridized carbons (Fsp3) is 0.0870. The Bertz CT molecular complexity index is 1330. The van der Waals surface area contributed by atoms with E-state index in [4.69, 9.17) is 11.6 Å². The summed E-state index contributed by atoms with van der Waals surface area (Å²) in [5, 5.41) is 4.00. The molecule has 3 aromatic carbocycles. The SMILES string of the molecule is O=C(CSc1nc2ccccc2c(=O)n1Cc1cccc(Cl)c1)Nc1ccccc1F. The molecule has 0 unspecified atom stereocenters. The van der Waals surface area contributed by atoms with Crippen molar-refractivity contribution in [1.82, 2.24) is 9.55 Å². The Kier molecular flexibility index (Phi) is 6.34. The quantitative estimate of drug-likeness (QED) is 0.331. The predicted octanol–water partition coefficient (Wildman–Crippen LogP) is 4.97. The Labute approximate surface area is 186 Å². The maximum Gasteiger partial charge on any atom is 0.262 e. The van der Waals surface area contributed by atoms with E-state index in [2.05, 4.69) is 10.3 Å². The average Bonchev–Trinajstić information content (AvgIpc) is 2.76. The zero-order chi connectivity index (χ0) is 21.8. The van der Waals surface area contributed by atoms with E-state index in [1.54, 1.807) is 48.5 Å². The molecule has 0 fully saturated rings. The Morgan fingerprint density at radius 1 is 1.06 bits per heavy atom. The number of carbonyl (C=O) groups is 1. The molecule has 0 radical (unpaired) electrons. The monoisotopic (exact) mass is 453 g/mol. The van der Waals surface area contributed by atoms with Gasteiger partial charge in [-0.2, -0.15) is 0 Å². The summed E-state index contributed by atoms with van der Waals surface area (Å²) < 4.78 is 15.3. The number of thioether (sulfide) groups is 1. The Balaban J connectivity index is 1.63. The number of carbonyl (C=O) groups excluding carboxylic acids is 1. The molecule has 0 aliphatic rings. The first-order valence-electron chi connectivity index (χ1n) is 9.42. The van der Waals surface area contributed by atoms with Gasteiger partial charge in [0.05, 0.1) is 28.9 Å². The van der Waals surface area contributed by atoms with Crippen molar-refractivity contribution in [3.8, 4) is 0 Å². The lowest BCUT2D eigenvalue weighted by molar-refractivity contribution is -0.113. The average molecular weight is 454 g/mol. The van der Waals surface area contributed by atoms with Crippen LogP contribution in [0.1, 0.15) is 5.56 Å². The molecule has 31 heavy (non-hydrogen) atoms. The molecule has 4 rings (SSSR count). The summed E-state index contributed by atoms with van der Waals surface area (Å²) >= 11 is 7.20. The van der Waals surface area contributed by atoms with Gasteiger partial charge in [0.25, 0.3) is 5.56 Å². The van der Waals surface area contributed by atoms with Crippen LogP contribution < -0.4 is 10.9 Å². The van der Waals surface area contributed by atoms with Crippen LogP contribution in [0.25, 0.3) is 10.9 Å². The molecule has 5 nitrogen and oxygen atoms in total. The van der Waals surface area contributed by atoms with E-state index in [0.717, 1.165) is 17.3 Å². The van der Waals surface area contributed by atoms with Crippen molar-refractivity contribution in [2.45, 2.75) is 11.7 Å². The molecular weight excluding hydrogens is 437 g/mol. The van der Waals surface area contributed by atoms with E-state index < -0.39 is 11.7 Å². The first-order valence-corrected chi connectivity index (χ1v) is 10.8. The van der Waals surface area contributed by atoms with Crippen LogP contribution in [0, 0.1) is 5.82 Å². The number of hydrogen-bond acceptors (Lipinski definition) is 4. The minimum absolute atomic E-state index is 0.0331. The normalized spacial score (nSPS) is 10.9. The first kappa shape index (κ1) is 21.1. The van der Waals surface area contributed by atoms with Crippen molar-refractivity contribution in [1.29, 1.82) is 0 Å². The van der Waals surface area contributed by atoms with Gasteiger partial charge in [-0.3, -0.25) is 14.2 Å². The molecule has 4 aromatic rings. The standard InChI is InChI=1S/C23H17ClFN3O2S/c24-16-7-5-6-15(12-16)13-28-22(30)17-8-1-3-10-19(17)27-23(28)31-14-21(29)26-20-11-4-2-9-18(20)25/h1-12H,13-14H2,(H,26,29). The van der Waals surface area contributed by atoms with Gasteiger partial charge in [-0.1, -0.05) is 59.8 Å². The van der Waals surface area contributed by atoms with Crippen LogP contribution in [-0.4, -0.2) is 21.2 Å². The highest BCUT2D eigenvalue weighted by Gasteiger charge is 2.14. The van der Waals surface area contributed by atoms with Crippen molar-refractivity contribution < 1.29 is 9.18 Å². The van der Waals surface area contributed by atoms with E-state index >= 15 is 0 Å². The number of fused-ring (bicyclic) bond motifs is 1. The highest BCUT2D eigenvalue weighted by atomic mass is 35.5. The van der Waals surface area contributed by atoms with Gasteiger partial charge in [0, 0.05) is 5.02 Å². The minimum Gasteiger partial charge on any atom is -0.323 e. The maximum atomic E-state index is 13.8. The second kappa shape index (κ2) is 9.32. The van der Waals surface area contributed by atoms with Gasteiger partial charge < -0.3 is 5.32 Å². The Morgan fingerprint density at radius 3 is 2.65 bits per heavy atom. The number of aromatic nitrogens is 2. The van der Waals surface area contributed by atoms with Gasteiger partial charge in [0.1, 0.15) is 5.82 Å². The number of nitrogens with one attached hydrogen (secondary N) is 1. The van der Waals surface area contributed by atoms with Crippen LogP contribution in [0.15, 0.2) is 82.7 Å². The molecule has 1 amide bonds. The molecule has 0 saturated carbocycles. The Hall–Kier alpha value is -3.16. The molecule has 1 N–H and O–H groups in total. The van der Waals surface area contributed by atoms with Crippen LogP contribution in [0.5, 0.6) is 0 Å². The van der Waals surface area contributed by atoms with Crippen LogP contribution in [0.4, 0.5) is 10.1 Å². The van der Waals surface area contributed by atoms with Gasteiger partial charge in [0.2, 0.25) is 5.91 Å². The van der Waals surface area contributed by atoms with Crippen molar-refractivity contribution in [3.63, 3.8) is 0 Å². The molecular formula is C23H17ClFN3O2S. The lowest BCUT2D eigenvalue weighted by Gasteiger charge is -2.13. The van der Waals surface area contributed by atoms with Crippen molar-refractivity contribution in [2.75, 3.05) is 11.1 Å². The van der Waals surface area contributed by atoms with Gasteiger partial charge in [-0.15, -0.1) is 0 Å². The fourth-order valence-electron chi connectivity index (χ4n) is 3.09. The molecule has 0 saturated heterocycles. The molecule has 0 spiro atoms. The summed E-state index contributed by atoms with van der Waals surface area (Å²) in [4.78, 5) is 30.1. The molecule has 0 atom stereocenters. The molecule has 0 aliphatic carbocycles. The molecule has 0 bridgehead atoms. The van der Waals surface area contributed by atoms with E-state index in [1.165, 1.54) is 16.7 Å². The summed E-state index contributed by atoms with van der Waals surface area (Å²) in [6.07, 6.45) is 0. The van der Waals surface area contributed by atoms with Crippen LogP contribution >= 0.6 is 23.4 Å². The van der Waals surface area contributed by atoms with Crippen LogP contribution in [-0.2, 0) is 11.3 Å². The third-order valence-corrected chi connectivity index (χ3v) is 5.75. The second-order valence-electron chi connectivity index (χ2n) is 6.75. The first-order chi connectivity index (χ1) is 15.0. The third-order valence-electron chi connectivity index (χ3n) is 4.54. The number of para-hydroxylation sites is 2. The topological polar surface area (TPSA) is 64.0 Å². The number of amides is 1. The van der Waals surface area contributed by atoms with E-state index in [9.17, 15) is 14.0 Å². The van der Waals surface area contributed by atoms with Crippen molar-refractivity contribution >= 4 is 45.9 Å². The molecule has 8 heteroatoms. The third kappa shape index (κ3) is 4.95. The minimum atomic E-state index is -0.512. The largest absolute Gasteiger partial charge is 0.323 e. The van der Waals surface area contributed by atoms with Gasteiger partial charge >= 0.3 is 0 Å². The van der Waals surface area contributed by atoms with Gasteiger partial charge in [-0.05, 0) is 42.0 Å². The highest BCUT2D eigenvalue weighted by Crippen LogP contribution is 2.21. The molecule has 0 aliphatic heterocycles. The van der Waals surface area contributed by atoms with Gasteiger partial charge in [-0.25, -0.2) is 9.37 Å². The number of halogens is 2. The zero-order valence-electron chi connectivity index (χ0n) is 16.2. The molecule has 1 aromatic heterocycles. The smallest absolute Gasteiger partial charge is 0.262 e. The molecule has 156 valence electrons. The highest BCUT2D eigenvalue weighted by molar-refractivity contribution is 7.99. The summed E-state index contributed by atoms with van der Waals surface area (Å²) in [7, 11) is 0. The summed E-state index contributed by atoms with van der Waals surface area (Å²) in [5.74, 6) is -0.941. The van der Waals surface area contributed by atoms with Crippen LogP contribution in [0.2, 0.25) is 5.02 Å². The second-order valence-corrected chi connectivity index (χ2v) is 8.13. The van der Waals surface area contributed by atoms with E-state index in [0.29, 0.717) is 21.1 Å². The summed E-state index contributed by atoms with van der Waals surface area (Å²) in [6, 6.07) is 20.2. The fourth-order valence-corrected chi connectivity index (χ4v) is 4.11. The summed E-state index contributed by atoms with van der Waals surface area (Å²) in [6.45, 7) is 0.258. The number of nitrogens with zero attached hydrogens (tertiary/aromatic N) is 2. The number of benzene rings is 3. The summed E-state index contributed by atoms with van der Waals surface area (Å²) in [5.41, 5.74) is 1.29. The maximum absolute atomic E-state index is 13.8. The van der Waals surface area contributed by atoms with E-state index in [1.807, 2.05) is 12.1 Å². The van der Waals surface area contributed by atoms with E-state index in [-0.39, 0.29) is 23.5 Å². The van der Waals surface area contributed by atoms with Crippen molar-refractivity contribution in [3.05, 3.63) is 99.6 Å².